The van der Waals surface area contributed by atoms with E-state index in [2.05, 4.69) is 10.3 Å². The maximum atomic E-state index is 12.1. The number of hydrogen-bond donors (Lipinski definition) is 2. The summed E-state index contributed by atoms with van der Waals surface area (Å²) in [6, 6.07) is 8.01. The Morgan fingerprint density at radius 1 is 1.33 bits per heavy atom. The van der Waals surface area contributed by atoms with E-state index in [0.29, 0.717) is 16.3 Å². The monoisotopic (exact) mass is 304 g/mol. The second-order valence-corrected chi connectivity index (χ2v) is 4.84. The number of halogens is 1. The number of carbonyl (C=O) groups excluding carboxylic acids is 1. The van der Waals surface area contributed by atoms with Crippen LogP contribution in [0.3, 0.4) is 0 Å². The summed E-state index contributed by atoms with van der Waals surface area (Å²) >= 11 is 6.08. The van der Waals surface area contributed by atoms with Crippen molar-refractivity contribution in [1.29, 1.82) is 0 Å². The van der Waals surface area contributed by atoms with Gasteiger partial charge in [0.25, 0.3) is 5.91 Å². The lowest BCUT2D eigenvalue weighted by atomic mass is 10.1. The third-order valence-corrected chi connectivity index (χ3v) is 3.43. The van der Waals surface area contributed by atoms with E-state index in [9.17, 15) is 9.59 Å². The minimum atomic E-state index is -1.04. The zero-order chi connectivity index (χ0) is 15.4. The van der Waals surface area contributed by atoms with E-state index in [4.69, 9.17) is 16.7 Å². The number of aryl methyl sites for hydroxylation is 1. The molecule has 0 aliphatic carbocycles. The molecule has 5 nitrogen and oxygen atoms in total. The summed E-state index contributed by atoms with van der Waals surface area (Å²) in [7, 11) is 0. The molecule has 1 aromatic heterocycles. The molecule has 21 heavy (non-hydrogen) atoms. The maximum absolute atomic E-state index is 12.1. The number of nitrogens with one attached hydrogen (secondary N) is 1. The van der Waals surface area contributed by atoms with E-state index < -0.39 is 5.97 Å². The molecule has 0 aliphatic heterocycles. The van der Waals surface area contributed by atoms with E-state index in [-0.39, 0.29) is 18.0 Å². The molecule has 0 radical (unpaired) electrons. The first-order chi connectivity index (χ1) is 9.99. The van der Waals surface area contributed by atoms with Crippen molar-refractivity contribution in [2.45, 2.75) is 13.5 Å². The number of carboxylic acid groups (broad SMARTS) is 1. The number of pyridine rings is 1. The summed E-state index contributed by atoms with van der Waals surface area (Å²) in [6.07, 6.45) is 1.39. The van der Waals surface area contributed by atoms with Crippen LogP contribution < -0.4 is 5.32 Å². The fourth-order valence-corrected chi connectivity index (χ4v) is 2.01. The van der Waals surface area contributed by atoms with Crippen LogP contribution >= 0.6 is 11.6 Å². The Bertz CT molecular complexity index is 701. The largest absolute Gasteiger partial charge is 0.478 e. The molecule has 2 N–H and O–H groups in total. The summed E-state index contributed by atoms with van der Waals surface area (Å²) in [5.41, 5.74) is 1.79. The van der Waals surface area contributed by atoms with Gasteiger partial charge in [0.2, 0.25) is 0 Å². The van der Waals surface area contributed by atoms with Crippen LogP contribution in [0, 0.1) is 6.92 Å². The lowest BCUT2D eigenvalue weighted by Gasteiger charge is -2.08. The van der Waals surface area contributed by atoms with E-state index in [1.165, 1.54) is 18.3 Å². The highest BCUT2D eigenvalue weighted by Gasteiger charge is 2.12. The van der Waals surface area contributed by atoms with Gasteiger partial charge in [-0.25, -0.2) is 4.79 Å². The minimum Gasteiger partial charge on any atom is -0.478 e. The number of hydrogen-bond acceptors (Lipinski definition) is 3. The molecule has 1 heterocycles. The van der Waals surface area contributed by atoms with Crippen LogP contribution in [0.1, 0.15) is 32.0 Å². The second kappa shape index (κ2) is 6.37. The first kappa shape index (κ1) is 15.0. The van der Waals surface area contributed by atoms with E-state index in [1.54, 1.807) is 12.1 Å². The molecular formula is C15H13ClN2O3. The number of nitrogens with zero attached hydrogens (tertiary/aromatic N) is 1. The third kappa shape index (κ3) is 3.58. The van der Waals surface area contributed by atoms with Gasteiger partial charge < -0.3 is 10.4 Å². The number of aromatic carboxylic acids is 1. The zero-order valence-corrected chi connectivity index (χ0v) is 12.0. The van der Waals surface area contributed by atoms with Crippen molar-refractivity contribution in [1.82, 2.24) is 10.3 Å². The Morgan fingerprint density at radius 3 is 2.81 bits per heavy atom. The average molecular weight is 305 g/mol. The number of carbonyl (C=O) groups is 2. The summed E-state index contributed by atoms with van der Waals surface area (Å²) in [5, 5.41) is 12.0. The van der Waals surface area contributed by atoms with Crippen molar-refractivity contribution in [3.63, 3.8) is 0 Å². The minimum absolute atomic E-state index is 0.128. The highest BCUT2D eigenvalue weighted by molar-refractivity contribution is 6.34. The maximum Gasteiger partial charge on any atom is 0.335 e. The highest BCUT2D eigenvalue weighted by atomic mass is 35.5. The van der Waals surface area contributed by atoms with Gasteiger partial charge in [0.15, 0.2) is 0 Å². The molecular weight excluding hydrogens is 292 g/mol. The molecule has 1 aromatic carbocycles. The van der Waals surface area contributed by atoms with E-state index in [0.717, 1.165) is 5.56 Å². The van der Waals surface area contributed by atoms with Crippen LogP contribution in [0.15, 0.2) is 36.5 Å². The van der Waals surface area contributed by atoms with Gasteiger partial charge in [-0.15, -0.1) is 0 Å². The van der Waals surface area contributed by atoms with Crippen molar-refractivity contribution in [3.05, 3.63) is 63.9 Å². The van der Waals surface area contributed by atoms with Crippen LogP contribution in [0.4, 0.5) is 0 Å². The zero-order valence-electron chi connectivity index (χ0n) is 11.3. The predicted octanol–water partition coefficient (Wildman–Crippen LogP) is 2.67. The molecule has 0 atom stereocenters. The molecule has 1 amide bonds. The Labute approximate surface area is 126 Å². The second-order valence-electron chi connectivity index (χ2n) is 4.46. The Kier molecular flexibility index (Phi) is 4.55. The van der Waals surface area contributed by atoms with Gasteiger partial charge >= 0.3 is 5.97 Å². The van der Waals surface area contributed by atoms with Gasteiger partial charge in [-0.3, -0.25) is 9.78 Å². The summed E-state index contributed by atoms with van der Waals surface area (Å²) in [5.74, 6) is -1.36. The van der Waals surface area contributed by atoms with Gasteiger partial charge in [0, 0.05) is 6.20 Å². The van der Waals surface area contributed by atoms with Crippen LogP contribution in [0.5, 0.6) is 0 Å². The van der Waals surface area contributed by atoms with E-state index in [1.807, 2.05) is 13.0 Å². The number of rotatable bonds is 4. The topological polar surface area (TPSA) is 79.3 Å². The lowest BCUT2D eigenvalue weighted by Crippen LogP contribution is -2.24. The Hall–Kier alpha value is -2.40. The molecule has 108 valence electrons. The smallest absolute Gasteiger partial charge is 0.335 e. The number of aromatic nitrogens is 1. The van der Waals surface area contributed by atoms with Crippen molar-refractivity contribution in [3.8, 4) is 0 Å². The standard InChI is InChI=1S/C15H13ClN2O3/c1-9-3-2-4-12(13(9)16)14(19)18-8-11-7-10(15(20)21)5-6-17-11/h2-7H,8H2,1H3,(H,18,19)(H,20,21). The van der Waals surface area contributed by atoms with Gasteiger partial charge in [-0.1, -0.05) is 23.7 Å². The summed E-state index contributed by atoms with van der Waals surface area (Å²) in [6.45, 7) is 1.95. The molecule has 0 unspecified atom stereocenters. The first-order valence-corrected chi connectivity index (χ1v) is 6.58. The fourth-order valence-electron chi connectivity index (χ4n) is 1.80. The predicted molar refractivity (Wildman–Crippen MR) is 78.6 cm³/mol. The van der Waals surface area contributed by atoms with E-state index >= 15 is 0 Å². The normalized spacial score (nSPS) is 10.2. The number of amides is 1. The average Bonchev–Trinajstić information content (AvgIpc) is 2.48. The van der Waals surface area contributed by atoms with Crippen LogP contribution in [0.25, 0.3) is 0 Å². The summed E-state index contributed by atoms with van der Waals surface area (Å²) in [4.78, 5) is 26.9. The molecule has 0 spiro atoms. The molecule has 2 aromatic rings. The van der Waals surface area contributed by atoms with Crippen molar-refractivity contribution in [2.75, 3.05) is 0 Å². The molecule has 0 saturated heterocycles. The molecule has 0 bridgehead atoms. The van der Waals surface area contributed by atoms with Crippen molar-refractivity contribution in [2.24, 2.45) is 0 Å². The first-order valence-electron chi connectivity index (χ1n) is 6.20. The number of carboxylic acids is 1. The van der Waals surface area contributed by atoms with Gasteiger partial charge in [0.05, 0.1) is 28.4 Å². The Balaban J connectivity index is 2.09. The van der Waals surface area contributed by atoms with Crippen LogP contribution in [0.2, 0.25) is 5.02 Å². The van der Waals surface area contributed by atoms with Crippen LogP contribution in [-0.4, -0.2) is 22.0 Å². The number of benzene rings is 1. The van der Waals surface area contributed by atoms with Gasteiger partial charge in [-0.05, 0) is 30.7 Å². The quantitative estimate of drug-likeness (QED) is 0.910. The highest BCUT2D eigenvalue weighted by Crippen LogP contribution is 2.20. The molecule has 0 saturated carbocycles. The molecule has 0 fully saturated rings. The van der Waals surface area contributed by atoms with Crippen molar-refractivity contribution >= 4 is 23.5 Å². The van der Waals surface area contributed by atoms with Gasteiger partial charge in [0.1, 0.15) is 0 Å². The lowest BCUT2D eigenvalue weighted by molar-refractivity contribution is 0.0696. The fraction of sp³-hybridized carbons (Fsp3) is 0.133. The summed E-state index contributed by atoms with van der Waals surface area (Å²) < 4.78 is 0. The Morgan fingerprint density at radius 2 is 2.10 bits per heavy atom. The van der Waals surface area contributed by atoms with Gasteiger partial charge in [-0.2, -0.15) is 0 Å². The molecule has 2 rings (SSSR count). The van der Waals surface area contributed by atoms with Crippen molar-refractivity contribution < 1.29 is 14.7 Å². The SMILES string of the molecule is Cc1cccc(C(=O)NCc2cc(C(=O)O)ccn2)c1Cl. The molecule has 6 heteroatoms. The molecule has 0 aliphatic rings. The third-order valence-electron chi connectivity index (χ3n) is 2.93. The van der Waals surface area contributed by atoms with Crippen LogP contribution in [-0.2, 0) is 6.54 Å².